The molecule has 1 nitrogen and oxygen atoms in total. The average molecular weight is 244 g/mol. The van der Waals surface area contributed by atoms with Crippen LogP contribution in [0.25, 0.3) is 0 Å². The summed E-state index contributed by atoms with van der Waals surface area (Å²) in [5, 5.41) is 10.2. The second-order valence-corrected chi connectivity index (χ2v) is 4.70. The summed E-state index contributed by atoms with van der Waals surface area (Å²) in [5.41, 5.74) is 4.23. The maximum atomic E-state index is 12.8. The second kappa shape index (κ2) is 5.32. The summed E-state index contributed by atoms with van der Waals surface area (Å²) >= 11 is 0. The number of aliphatic hydroxyl groups is 1. The Morgan fingerprint density at radius 3 is 2.39 bits per heavy atom. The molecule has 94 valence electrons. The van der Waals surface area contributed by atoms with E-state index in [9.17, 15) is 9.50 Å². The van der Waals surface area contributed by atoms with Gasteiger partial charge < -0.3 is 5.11 Å². The summed E-state index contributed by atoms with van der Waals surface area (Å²) in [7, 11) is 0. The van der Waals surface area contributed by atoms with E-state index in [0.717, 1.165) is 11.1 Å². The second-order valence-electron chi connectivity index (χ2n) is 4.70. The highest BCUT2D eigenvalue weighted by atomic mass is 19.1. The summed E-state index contributed by atoms with van der Waals surface area (Å²) in [4.78, 5) is 0. The minimum Gasteiger partial charge on any atom is -0.388 e. The molecular weight excluding hydrogens is 227 g/mol. The lowest BCUT2D eigenvalue weighted by molar-refractivity contribution is 0.178. The van der Waals surface area contributed by atoms with Crippen LogP contribution in [0.15, 0.2) is 42.5 Å². The first kappa shape index (κ1) is 12.8. The quantitative estimate of drug-likeness (QED) is 0.872. The van der Waals surface area contributed by atoms with Gasteiger partial charge >= 0.3 is 0 Å². The van der Waals surface area contributed by atoms with Crippen LogP contribution < -0.4 is 0 Å². The van der Waals surface area contributed by atoms with Gasteiger partial charge in [0.15, 0.2) is 0 Å². The van der Waals surface area contributed by atoms with Gasteiger partial charge in [-0.15, -0.1) is 0 Å². The van der Waals surface area contributed by atoms with Gasteiger partial charge in [0.1, 0.15) is 5.82 Å². The lowest BCUT2D eigenvalue weighted by Crippen LogP contribution is -2.03. The molecule has 0 aliphatic rings. The van der Waals surface area contributed by atoms with Crippen LogP contribution in [0.5, 0.6) is 0 Å². The predicted molar refractivity (Wildman–Crippen MR) is 71.0 cm³/mol. The molecule has 0 aliphatic heterocycles. The van der Waals surface area contributed by atoms with Gasteiger partial charge in [0.2, 0.25) is 0 Å². The average Bonchev–Trinajstić information content (AvgIpc) is 2.34. The van der Waals surface area contributed by atoms with Crippen molar-refractivity contribution in [2.24, 2.45) is 0 Å². The van der Waals surface area contributed by atoms with Gasteiger partial charge in [-0.3, -0.25) is 0 Å². The summed E-state index contributed by atoms with van der Waals surface area (Å²) in [6.45, 7) is 4.07. The fourth-order valence-corrected chi connectivity index (χ4v) is 2.03. The molecule has 1 N–H and O–H groups in total. The summed E-state index contributed by atoms with van der Waals surface area (Å²) in [5.74, 6) is -0.280. The van der Waals surface area contributed by atoms with Gasteiger partial charge in [-0.2, -0.15) is 0 Å². The van der Waals surface area contributed by atoms with E-state index >= 15 is 0 Å². The smallest absolute Gasteiger partial charge is 0.123 e. The van der Waals surface area contributed by atoms with Crippen molar-refractivity contribution < 1.29 is 9.50 Å². The lowest BCUT2D eigenvalue weighted by atomic mass is 9.97. The topological polar surface area (TPSA) is 20.2 Å². The Morgan fingerprint density at radius 1 is 1.06 bits per heavy atom. The lowest BCUT2D eigenvalue weighted by Gasteiger charge is -2.13. The Balaban J connectivity index is 2.18. The third-order valence-corrected chi connectivity index (χ3v) is 3.17. The molecule has 0 saturated carbocycles. The molecule has 2 rings (SSSR count). The Morgan fingerprint density at radius 2 is 1.72 bits per heavy atom. The number of aryl methyl sites for hydroxylation is 2. The maximum absolute atomic E-state index is 12.8. The van der Waals surface area contributed by atoms with E-state index in [4.69, 9.17) is 0 Å². The fraction of sp³-hybridized carbons (Fsp3) is 0.250. The Kier molecular flexibility index (Phi) is 3.78. The van der Waals surface area contributed by atoms with E-state index in [1.165, 1.54) is 23.3 Å². The SMILES string of the molecule is Cc1ccc(C)c(CC(O)c2ccc(F)cc2)c1. The zero-order chi connectivity index (χ0) is 13.1. The minimum absolute atomic E-state index is 0.280. The van der Waals surface area contributed by atoms with Gasteiger partial charge in [-0.05, 0) is 42.7 Å². The van der Waals surface area contributed by atoms with E-state index < -0.39 is 6.10 Å². The van der Waals surface area contributed by atoms with Crippen LogP contribution in [0.3, 0.4) is 0 Å². The number of benzene rings is 2. The normalized spacial score (nSPS) is 12.4. The monoisotopic (exact) mass is 244 g/mol. The van der Waals surface area contributed by atoms with E-state index in [0.29, 0.717) is 6.42 Å². The molecule has 1 unspecified atom stereocenters. The zero-order valence-corrected chi connectivity index (χ0v) is 10.7. The largest absolute Gasteiger partial charge is 0.388 e. The van der Waals surface area contributed by atoms with Crippen molar-refractivity contribution in [3.63, 3.8) is 0 Å². The van der Waals surface area contributed by atoms with Crippen LogP contribution in [0.1, 0.15) is 28.4 Å². The highest BCUT2D eigenvalue weighted by Crippen LogP contribution is 2.21. The van der Waals surface area contributed by atoms with Crippen LogP contribution in [0.2, 0.25) is 0 Å². The number of halogens is 1. The Bertz CT molecular complexity index is 531. The molecule has 0 radical (unpaired) electrons. The van der Waals surface area contributed by atoms with E-state index in [-0.39, 0.29) is 5.82 Å². The number of aliphatic hydroxyl groups excluding tert-OH is 1. The molecule has 0 bridgehead atoms. The summed E-state index contributed by atoms with van der Waals surface area (Å²) in [6, 6.07) is 12.2. The first-order valence-electron chi connectivity index (χ1n) is 6.06. The van der Waals surface area contributed by atoms with Crippen molar-refractivity contribution in [2.45, 2.75) is 26.4 Å². The van der Waals surface area contributed by atoms with Gasteiger partial charge in [0, 0.05) is 6.42 Å². The van der Waals surface area contributed by atoms with E-state index in [1.807, 2.05) is 13.8 Å². The summed E-state index contributed by atoms with van der Waals surface area (Å²) < 4.78 is 12.8. The molecule has 2 heteroatoms. The fourth-order valence-electron chi connectivity index (χ4n) is 2.03. The van der Waals surface area contributed by atoms with Crippen molar-refractivity contribution >= 4 is 0 Å². The van der Waals surface area contributed by atoms with Gasteiger partial charge in [-0.1, -0.05) is 35.9 Å². The number of rotatable bonds is 3. The molecule has 2 aromatic rings. The molecule has 0 fully saturated rings. The third-order valence-electron chi connectivity index (χ3n) is 3.17. The van der Waals surface area contributed by atoms with Gasteiger partial charge in [0.05, 0.1) is 6.10 Å². The van der Waals surface area contributed by atoms with Crippen LogP contribution in [-0.4, -0.2) is 5.11 Å². The standard InChI is InChI=1S/C16H17FO/c1-11-3-4-12(2)14(9-11)10-16(18)13-5-7-15(17)8-6-13/h3-9,16,18H,10H2,1-2H3. The Hall–Kier alpha value is -1.67. The first-order chi connectivity index (χ1) is 8.56. The van der Waals surface area contributed by atoms with E-state index in [1.54, 1.807) is 12.1 Å². The van der Waals surface area contributed by atoms with Crippen LogP contribution in [-0.2, 0) is 6.42 Å². The van der Waals surface area contributed by atoms with Gasteiger partial charge in [-0.25, -0.2) is 4.39 Å². The molecule has 2 aromatic carbocycles. The number of hydrogen-bond acceptors (Lipinski definition) is 1. The third kappa shape index (κ3) is 2.96. The van der Waals surface area contributed by atoms with Crippen LogP contribution in [0.4, 0.5) is 4.39 Å². The molecule has 0 heterocycles. The number of hydrogen-bond donors (Lipinski definition) is 1. The van der Waals surface area contributed by atoms with Crippen molar-refractivity contribution in [3.05, 3.63) is 70.5 Å². The van der Waals surface area contributed by atoms with Crippen molar-refractivity contribution in [3.8, 4) is 0 Å². The van der Waals surface area contributed by atoms with Crippen molar-refractivity contribution in [1.82, 2.24) is 0 Å². The Labute approximate surface area is 107 Å². The molecule has 0 aromatic heterocycles. The van der Waals surface area contributed by atoms with Crippen LogP contribution >= 0.6 is 0 Å². The van der Waals surface area contributed by atoms with E-state index in [2.05, 4.69) is 18.2 Å². The molecule has 0 spiro atoms. The molecule has 0 amide bonds. The van der Waals surface area contributed by atoms with Gasteiger partial charge in [0.25, 0.3) is 0 Å². The molecule has 1 atom stereocenters. The maximum Gasteiger partial charge on any atom is 0.123 e. The molecule has 0 saturated heterocycles. The van der Waals surface area contributed by atoms with Crippen molar-refractivity contribution in [1.29, 1.82) is 0 Å². The highest BCUT2D eigenvalue weighted by molar-refractivity contribution is 5.32. The highest BCUT2D eigenvalue weighted by Gasteiger charge is 2.10. The zero-order valence-electron chi connectivity index (χ0n) is 10.7. The molecule has 18 heavy (non-hydrogen) atoms. The molecule has 0 aliphatic carbocycles. The van der Waals surface area contributed by atoms with Crippen LogP contribution in [0, 0.1) is 19.7 Å². The minimum atomic E-state index is -0.592. The predicted octanol–water partition coefficient (Wildman–Crippen LogP) is 3.72. The molecular formula is C16H17FO. The first-order valence-corrected chi connectivity index (χ1v) is 6.06. The van der Waals surface area contributed by atoms with Crippen molar-refractivity contribution in [2.75, 3.05) is 0 Å². The summed E-state index contributed by atoms with van der Waals surface area (Å²) in [6.07, 6.45) is -0.0369.